The lowest BCUT2D eigenvalue weighted by Crippen LogP contribution is -2.17. The molecule has 0 aliphatic rings. The maximum atomic E-state index is 10.9. The summed E-state index contributed by atoms with van der Waals surface area (Å²) in [5.74, 6) is -0.629. The van der Waals surface area contributed by atoms with Crippen LogP contribution in [0.2, 0.25) is 0 Å². The van der Waals surface area contributed by atoms with Crippen molar-refractivity contribution in [3.63, 3.8) is 0 Å². The third-order valence-corrected chi connectivity index (χ3v) is 1.92. The van der Waals surface area contributed by atoms with E-state index in [1.807, 2.05) is 0 Å². The van der Waals surface area contributed by atoms with Gasteiger partial charge in [0.15, 0.2) is 12.7 Å². The standard InChI is InChI=1S/C6H14O7S/c7-1-3-11-5-13-14(9,10)6-12-4-2-8/h7-8H,1-6H2. The summed E-state index contributed by atoms with van der Waals surface area (Å²) in [5, 5.41) is 16.6. The fourth-order valence-corrected chi connectivity index (χ4v) is 1.10. The lowest BCUT2D eigenvalue weighted by molar-refractivity contribution is -0.000542. The van der Waals surface area contributed by atoms with E-state index in [4.69, 9.17) is 10.2 Å². The molecule has 0 aromatic carbocycles. The van der Waals surface area contributed by atoms with Gasteiger partial charge in [-0.05, 0) is 0 Å². The van der Waals surface area contributed by atoms with E-state index in [2.05, 4.69) is 13.7 Å². The largest absolute Gasteiger partial charge is 0.394 e. The van der Waals surface area contributed by atoms with Crippen molar-refractivity contribution in [3.8, 4) is 0 Å². The molecule has 0 radical (unpaired) electrons. The third kappa shape index (κ3) is 8.35. The van der Waals surface area contributed by atoms with E-state index in [1.165, 1.54) is 0 Å². The molecule has 0 saturated heterocycles. The van der Waals surface area contributed by atoms with Crippen LogP contribution in [0.4, 0.5) is 0 Å². The van der Waals surface area contributed by atoms with Gasteiger partial charge in [0.25, 0.3) is 10.1 Å². The summed E-state index contributed by atoms with van der Waals surface area (Å²) in [6.45, 7) is -0.973. The van der Waals surface area contributed by atoms with Gasteiger partial charge in [-0.1, -0.05) is 0 Å². The van der Waals surface area contributed by atoms with E-state index in [0.717, 1.165) is 0 Å². The van der Waals surface area contributed by atoms with Crippen LogP contribution in [0.15, 0.2) is 0 Å². The molecule has 0 rings (SSSR count). The van der Waals surface area contributed by atoms with Crippen molar-refractivity contribution in [2.75, 3.05) is 39.2 Å². The number of aliphatic hydroxyl groups excluding tert-OH is 2. The van der Waals surface area contributed by atoms with Gasteiger partial charge < -0.3 is 19.7 Å². The molecule has 0 fully saturated rings. The van der Waals surface area contributed by atoms with Gasteiger partial charge in [-0.3, -0.25) is 0 Å². The Morgan fingerprint density at radius 3 is 2.14 bits per heavy atom. The molecule has 0 atom stereocenters. The predicted molar refractivity (Wildman–Crippen MR) is 45.8 cm³/mol. The van der Waals surface area contributed by atoms with Gasteiger partial charge in [-0.25, -0.2) is 4.18 Å². The number of ether oxygens (including phenoxy) is 2. The van der Waals surface area contributed by atoms with E-state index in [0.29, 0.717) is 0 Å². The Bertz CT molecular complexity index is 212. The molecule has 86 valence electrons. The van der Waals surface area contributed by atoms with Crippen LogP contribution in [-0.2, 0) is 23.8 Å². The summed E-state index contributed by atoms with van der Waals surface area (Å²) < 4.78 is 35.2. The molecule has 0 spiro atoms. The highest BCUT2D eigenvalue weighted by Crippen LogP contribution is 1.94. The Labute approximate surface area is 82.3 Å². The lowest BCUT2D eigenvalue weighted by atomic mass is 10.8. The SMILES string of the molecule is O=S(=O)(COCCO)OCOCCO. The Kier molecular flexibility index (Phi) is 7.95. The number of rotatable bonds is 9. The highest BCUT2D eigenvalue weighted by Gasteiger charge is 2.10. The summed E-state index contributed by atoms with van der Waals surface area (Å²) in [4.78, 5) is 0. The second-order valence-electron chi connectivity index (χ2n) is 2.17. The molecule has 0 aliphatic heterocycles. The molecule has 0 amide bonds. The Balaban J connectivity index is 3.52. The minimum atomic E-state index is -3.77. The first-order valence-corrected chi connectivity index (χ1v) is 5.44. The van der Waals surface area contributed by atoms with Crippen molar-refractivity contribution in [2.45, 2.75) is 0 Å². The molecular weight excluding hydrogens is 216 g/mol. The van der Waals surface area contributed by atoms with Gasteiger partial charge in [-0.2, -0.15) is 8.42 Å². The molecule has 7 nitrogen and oxygen atoms in total. The zero-order chi connectivity index (χ0) is 10.9. The predicted octanol–water partition coefficient (Wildman–Crippen LogP) is -1.73. The highest BCUT2D eigenvalue weighted by atomic mass is 32.2. The van der Waals surface area contributed by atoms with Crippen molar-refractivity contribution in [2.24, 2.45) is 0 Å². The monoisotopic (exact) mass is 230 g/mol. The van der Waals surface area contributed by atoms with Gasteiger partial charge in [0, 0.05) is 0 Å². The molecule has 0 aliphatic carbocycles. The van der Waals surface area contributed by atoms with Gasteiger partial charge in [0.1, 0.15) is 0 Å². The molecule has 0 unspecified atom stereocenters. The summed E-state index contributed by atoms with van der Waals surface area (Å²) >= 11 is 0. The maximum Gasteiger partial charge on any atom is 0.294 e. The molecule has 8 heteroatoms. The minimum Gasteiger partial charge on any atom is -0.394 e. The highest BCUT2D eigenvalue weighted by molar-refractivity contribution is 7.86. The van der Waals surface area contributed by atoms with Crippen LogP contribution in [0.25, 0.3) is 0 Å². The average Bonchev–Trinajstić information content (AvgIpc) is 2.13. The lowest BCUT2D eigenvalue weighted by Gasteiger charge is -2.05. The second-order valence-corrected chi connectivity index (χ2v) is 3.76. The van der Waals surface area contributed by atoms with Crippen LogP contribution in [0.5, 0.6) is 0 Å². The van der Waals surface area contributed by atoms with Gasteiger partial charge in [-0.15, -0.1) is 0 Å². The first-order valence-electron chi connectivity index (χ1n) is 3.86. The Morgan fingerprint density at radius 1 is 1.00 bits per heavy atom. The molecule has 0 bridgehead atoms. The van der Waals surface area contributed by atoms with Gasteiger partial charge >= 0.3 is 0 Å². The minimum absolute atomic E-state index is 0.00696. The molecule has 2 N–H and O–H groups in total. The summed E-state index contributed by atoms with van der Waals surface area (Å²) in [6, 6.07) is 0. The van der Waals surface area contributed by atoms with Gasteiger partial charge in [0.05, 0.1) is 26.4 Å². The zero-order valence-electron chi connectivity index (χ0n) is 7.59. The molecule has 14 heavy (non-hydrogen) atoms. The van der Waals surface area contributed by atoms with Crippen LogP contribution >= 0.6 is 0 Å². The average molecular weight is 230 g/mol. The zero-order valence-corrected chi connectivity index (χ0v) is 8.40. The number of hydrogen-bond acceptors (Lipinski definition) is 7. The van der Waals surface area contributed by atoms with Crippen LogP contribution < -0.4 is 0 Å². The van der Waals surface area contributed by atoms with Crippen molar-refractivity contribution < 1.29 is 32.3 Å². The van der Waals surface area contributed by atoms with E-state index < -0.39 is 22.8 Å². The number of aliphatic hydroxyl groups is 2. The molecule has 0 saturated carbocycles. The van der Waals surface area contributed by atoms with E-state index >= 15 is 0 Å². The Morgan fingerprint density at radius 2 is 1.57 bits per heavy atom. The van der Waals surface area contributed by atoms with Crippen LogP contribution in [0.3, 0.4) is 0 Å². The van der Waals surface area contributed by atoms with Crippen molar-refractivity contribution in [3.05, 3.63) is 0 Å². The van der Waals surface area contributed by atoms with E-state index in [-0.39, 0.29) is 26.4 Å². The van der Waals surface area contributed by atoms with Crippen molar-refractivity contribution in [1.82, 2.24) is 0 Å². The Hall–Kier alpha value is -0.250. The fourth-order valence-electron chi connectivity index (χ4n) is 0.490. The molecule has 0 aromatic rings. The first-order chi connectivity index (χ1) is 6.62. The molecular formula is C6H14O7S. The van der Waals surface area contributed by atoms with Crippen LogP contribution in [-0.4, -0.2) is 57.8 Å². The van der Waals surface area contributed by atoms with Crippen molar-refractivity contribution in [1.29, 1.82) is 0 Å². The summed E-state index contributed by atoms with van der Waals surface area (Å²) in [7, 11) is -3.77. The quantitative estimate of drug-likeness (QED) is 0.275. The van der Waals surface area contributed by atoms with Crippen LogP contribution in [0.1, 0.15) is 0 Å². The van der Waals surface area contributed by atoms with E-state index in [9.17, 15) is 8.42 Å². The summed E-state index contributed by atoms with van der Waals surface area (Å²) in [6.07, 6.45) is 0. The maximum absolute atomic E-state index is 10.9. The molecule has 0 aromatic heterocycles. The number of hydrogen-bond donors (Lipinski definition) is 2. The van der Waals surface area contributed by atoms with Crippen molar-refractivity contribution >= 4 is 10.1 Å². The van der Waals surface area contributed by atoms with Gasteiger partial charge in [0.2, 0.25) is 0 Å². The second kappa shape index (κ2) is 8.09. The normalized spacial score (nSPS) is 11.9. The summed E-state index contributed by atoms with van der Waals surface area (Å²) in [5.41, 5.74) is 0. The van der Waals surface area contributed by atoms with E-state index in [1.54, 1.807) is 0 Å². The smallest absolute Gasteiger partial charge is 0.294 e. The topological polar surface area (TPSA) is 102 Å². The molecule has 0 heterocycles. The first kappa shape index (κ1) is 13.8. The van der Waals surface area contributed by atoms with Crippen LogP contribution in [0, 0.1) is 0 Å². The fraction of sp³-hybridized carbons (Fsp3) is 1.00. The third-order valence-electron chi connectivity index (χ3n) is 1.01.